The highest BCUT2D eigenvalue weighted by Gasteiger charge is 2.62. The zero-order valence-electron chi connectivity index (χ0n) is 14.6. The van der Waals surface area contributed by atoms with E-state index in [9.17, 15) is 9.59 Å². The number of aldehydes is 1. The average Bonchev–Trinajstić information content (AvgIpc) is 2.97. The van der Waals surface area contributed by atoms with Crippen LogP contribution in [0.3, 0.4) is 0 Å². The fourth-order valence-electron chi connectivity index (χ4n) is 4.79. The SMILES string of the molecule is COC(=O)C1Oc2c(OC)ccc3c2C12CCN(C)C(C3)/C2=C/C=O. The van der Waals surface area contributed by atoms with Gasteiger partial charge in [-0.25, -0.2) is 4.79 Å². The van der Waals surface area contributed by atoms with Gasteiger partial charge in [0.15, 0.2) is 11.5 Å². The molecule has 1 spiro atoms. The molecule has 0 aromatic heterocycles. The van der Waals surface area contributed by atoms with Crippen molar-refractivity contribution in [3.05, 3.63) is 34.9 Å². The van der Waals surface area contributed by atoms with Crippen molar-refractivity contribution in [3.8, 4) is 11.5 Å². The molecule has 0 amide bonds. The maximum atomic E-state index is 12.6. The Hall–Kier alpha value is -2.34. The molecule has 1 aromatic carbocycles. The minimum atomic E-state index is -0.801. The van der Waals surface area contributed by atoms with E-state index in [4.69, 9.17) is 14.2 Å². The van der Waals surface area contributed by atoms with E-state index >= 15 is 0 Å². The number of carbonyl (C=O) groups excluding carboxylic acids is 2. The topological polar surface area (TPSA) is 65.1 Å². The van der Waals surface area contributed by atoms with Crippen LogP contribution in [0.2, 0.25) is 0 Å². The molecule has 25 heavy (non-hydrogen) atoms. The van der Waals surface area contributed by atoms with Gasteiger partial charge in [0.25, 0.3) is 0 Å². The molecule has 132 valence electrons. The van der Waals surface area contributed by atoms with Crippen molar-refractivity contribution < 1.29 is 23.8 Å². The minimum absolute atomic E-state index is 0.0709. The number of methoxy groups -OCH3 is 2. The Morgan fingerprint density at radius 2 is 2.20 bits per heavy atom. The Bertz CT molecular complexity index is 786. The lowest BCUT2D eigenvalue weighted by Crippen LogP contribution is -2.59. The fraction of sp³-hybridized carbons (Fsp3) is 0.474. The van der Waals surface area contributed by atoms with Crippen molar-refractivity contribution >= 4 is 12.3 Å². The molecule has 1 fully saturated rings. The van der Waals surface area contributed by atoms with Gasteiger partial charge in [-0.15, -0.1) is 0 Å². The van der Waals surface area contributed by atoms with Gasteiger partial charge in [0.05, 0.1) is 19.6 Å². The van der Waals surface area contributed by atoms with Crippen LogP contribution in [0.5, 0.6) is 11.5 Å². The number of ether oxygens (including phenoxy) is 3. The highest BCUT2D eigenvalue weighted by atomic mass is 16.6. The first-order chi connectivity index (χ1) is 12.1. The van der Waals surface area contributed by atoms with Crippen molar-refractivity contribution in [1.82, 2.24) is 4.90 Å². The number of carbonyl (C=O) groups is 2. The maximum Gasteiger partial charge on any atom is 0.348 e. The number of rotatable bonds is 3. The van der Waals surface area contributed by atoms with Gasteiger partial charge in [-0.2, -0.15) is 0 Å². The van der Waals surface area contributed by atoms with Crippen LogP contribution in [0.25, 0.3) is 0 Å². The third kappa shape index (κ3) is 1.94. The fourth-order valence-corrected chi connectivity index (χ4v) is 4.79. The van der Waals surface area contributed by atoms with Crippen molar-refractivity contribution in [2.45, 2.75) is 30.4 Å². The van der Waals surface area contributed by atoms with E-state index in [1.165, 1.54) is 7.11 Å². The molecule has 2 aliphatic heterocycles. The third-order valence-corrected chi connectivity index (χ3v) is 5.90. The quantitative estimate of drug-likeness (QED) is 0.468. The molecule has 1 saturated heterocycles. The van der Waals surface area contributed by atoms with Crippen LogP contribution in [-0.4, -0.2) is 57.1 Å². The predicted molar refractivity (Wildman–Crippen MR) is 90.0 cm³/mol. The summed E-state index contributed by atoms with van der Waals surface area (Å²) in [5, 5.41) is 0. The molecule has 0 N–H and O–H groups in total. The van der Waals surface area contributed by atoms with Crippen LogP contribution >= 0.6 is 0 Å². The first-order valence-electron chi connectivity index (χ1n) is 8.39. The number of nitrogens with zero attached hydrogens (tertiary/aromatic N) is 1. The summed E-state index contributed by atoms with van der Waals surface area (Å²) in [6, 6.07) is 3.99. The number of hydrogen-bond acceptors (Lipinski definition) is 6. The number of benzene rings is 1. The Morgan fingerprint density at radius 3 is 2.88 bits per heavy atom. The van der Waals surface area contributed by atoms with Crippen molar-refractivity contribution in [2.75, 3.05) is 27.8 Å². The number of hydrogen-bond donors (Lipinski definition) is 0. The molecule has 2 bridgehead atoms. The van der Waals surface area contributed by atoms with Crippen LogP contribution < -0.4 is 9.47 Å². The molecule has 6 nitrogen and oxygen atoms in total. The highest BCUT2D eigenvalue weighted by Crippen LogP contribution is 2.60. The summed E-state index contributed by atoms with van der Waals surface area (Å²) in [5.74, 6) is 0.786. The van der Waals surface area contributed by atoms with E-state index < -0.39 is 17.5 Å². The summed E-state index contributed by atoms with van der Waals surface area (Å²) in [4.78, 5) is 26.2. The zero-order valence-corrected chi connectivity index (χ0v) is 14.6. The predicted octanol–water partition coefficient (Wildman–Crippen LogP) is 1.25. The first-order valence-corrected chi connectivity index (χ1v) is 8.39. The molecule has 3 unspecified atom stereocenters. The largest absolute Gasteiger partial charge is 0.493 e. The zero-order chi connectivity index (χ0) is 17.8. The normalized spacial score (nSPS) is 31.2. The molecule has 4 rings (SSSR count). The average molecular weight is 343 g/mol. The third-order valence-electron chi connectivity index (χ3n) is 5.90. The molecule has 3 atom stereocenters. The molecule has 1 aliphatic carbocycles. The van der Waals surface area contributed by atoms with Crippen LogP contribution in [0.15, 0.2) is 23.8 Å². The number of allylic oxidation sites excluding steroid dienone is 1. The summed E-state index contributed by atoms with van der Waals surface area (Å²) in [5.41, 5.74) is 2.40. The number of likely N-dealkylation sites (tertiary alicyclic amines) is 1. The van der Waals surface area contributed by atoms with Crippen LogP contribution in [0, 0.1) is 0 Å². The van der Waals surface area contributed by atoms with Crippen molar-refractivity contribution in [1.29, 1.82) is 0 Å². The minimum Gasteiger partial charge on any atom is -0.493 e. The van der Waals surface area contributed by atoms with Gasteiger partial charge in [0.1, 0.15) is 6.29 Å². The number of fused-ring (bicyclic) bond motifs is 1. The van der Waals surface area contributed by atoms with Crippen LogP contribution in [-0.2, 0) is 26.2 Å². The molecule has 0 saturated carbocycles. The lowest BCUT2D eigenvalue weighted by molar-refractivity contribution is -0.151. The van der Waals surface area contributed by atoms with Gasteiger partial charge < -0.3 is 14.2 Å². The molecule has 0 radical (unpaired) electrons. The number of esters is 1. The second-order valence-electron chi connectivity index (χ2n) is 6.83. The molecule has 1 aromatic rings. The number of piperidine rings is 1. The Kier molecular flexibility index (Phi) is 3.61. The monoisotopic (exact) mass is 343 g/mol. The molecular weight excluding hydrogens is 322 g/mol. The van der Waals surface area contributed by atoms with E-state index in [1.807, 2.05) is 12.1 Å². The maximum absolute atomic E-state index is 12.6. The summed E-state index contributed by atoms with van der Waals surface area (Å²) in [6.45, 7) is 0.813. The highest BCUT2D eigenvalue weighted by molar-refractivity contribution is 5.84. The van der Waals surface area contributed by atoms with Gasteiger partial charge in [0.2, 0.25) is 6.10 Å². The Balaban J connectivity index is 2.03. The molecular formula is C19H21NO5. The lowest BCUT2D eigenvalue weighted by atomic mass is 9.59. The van der Waals surface area contributed by atoms with Crippen LogP contribution in [0.1, 0.15) is 17.5 Å². The van der Waals surface area contributed by atoms with Gasteiger partial charge in [-0.3, -0.25) is 9.69 Å². The smallest absolute Gasteiger partial charge is 0.348 e. The van der Waals surface area contributed by atoms with Crippen LogP contribution in [0.4, 0.5) is 0 Å². The van der Waals surface area contributed by atoms with Gasteiger partial charge in [0, 0.05) is 11.6 Å². The summed E-state index contributed by atoms with van der Waals surface area (Å²) >= 11 is 0. The van der Waals surface area contributed by atoms with Gasteiger partial charge in [-0.1, -0.05) is 6.07 Å². The number of likely N-dealkylation sites (N-methyl/N-ethyl adjacent to an activating group) is 1. The van der Waals surface area contributed by atoms with E-state index in [-0.39, 0.29) is 6.04 Å². The molecule has 6 heteroatoms. The Morgan fingerprint density at radius 1 is 1.40 bits per heavy atom. The second kappa shape index (κ2) is 5.59. The summed E-state index contributed by atoms with van der Waals surface area (Å²) in [7, 11) is 5.00. The first kappa shape index (κ1) is 16.1. The molecule has 3 aliphatic rings. The summed E-state index contributed by atoms with van der Waals surface area (Å²) in [6.07, 6.45) is 3.08. The lowest BCUT2D eigenvalue weighted by Gasteiger charge is -2.50. The van der Waals surface area contributed by atoms with E-state index in [2.05, 4.69) is 11.9 Å². The van der Waals surface area contributed by atoms with E-state index in [1.54, 1.807) is 13.2 Å². The summed E-state index contributed by atoms with van der Waals surface area (Å²) < 4.78 is 16.6. The molecule has 2 heterocycles. The van der Waals surface area contributed by atoms with Crippen molar-refractivity contribution in [3.63, 3.8) is 0 Å². The van der Waals surface area contributed by atoms with E-state index in [0.717, 1.165) is 36.0 Å². The Labute approximate surface area is 146 Å². The second-order valence-corrected chi connectivity index (χ2v) is 6.83. The standard InChI is InChI=1S/C19H21NO5/c1-20-8-7-19-12(6-9-21)13(20)10-11-4-5-14(23-2)16(15(11)19)25-17(19)18(22)24-3/h4-6,9,13,17H,7-8,10H2,1-3H3/b12-6-. The van der Waals surface area contributed by atoms with Gasteiger partial charge >= 0.3 is 5.97 Å². The van der Waals surface area contributed by atoms with Crippen molar-refractivity contribution in [2.24, 2.45) is 0 Å². The van der Waals surface area contributed by atoms with E-state index in [0.29, 0.717) is 17.9 Å². The van der Waals surface area contributed by atoms with Gasteiger partial charge in [-0.05, 0) is 49.7 Å².